The van der Waals surface area contributed by atoms with Crippen molar-refractivity contribution >= 4 is 11.8 Å². The summed E-state index contributed by atoms with van der Waals surface area (Å²) >= 11 is 0. The zero-order valence-electron chi connectivity index (χ0n) is 16.4. The quantitative estimate of drug-likeness (QED) is 0.804. The maximum absolute atomic E-state index is 13.3. The number of benzene rings is 1. The van der Waals surface area contributed by atoms with E-state index in [0.717, 1.165) is 57.6 Å². The minimum absolute atomic E-state index is 0.0854. The van der Waals surface area contributed by atoms with E-state index >= 15 is 0 Å². The van der Waals surface area contributed by atoms with Gasteiger partial charge in [-0.15, -0.1) is 0 Å². The third kappa shape index (κ3) is 4.80. The van der Waals surface area contributed by atoms with Crippen molar-refractivity contribution in [1.82, 2.24) is 15.1 Å². The number of piperidine rings is 1. The maximum atomic E-state index is 13.3. The average molecular weight is 373 g/mol. The number of fused-ring (bicyclic) bond motifs is 1. The Morgan fingerprint density at radius 2 is 2.07 bits per heavy atom. The van der Waals surface area contributed by atoms with Gasteiger partial charge in [0, 0.05) is 44.7 Å². The summed E-state index contributed by atoms with van der Waals surface area (Å²) in [6.45, 7) is 5.29. The van der Waals surface area contributed by atoms with Crippen molar-refractivity contribution in [3.8, 4) is 5.75 Å². The van der Waals surface area contributed by atoms with Gasteiger partial charge in [-0.3, -0.25) is 9.59 Å². The first-order valence-corrected chi connectivity index (χ1v) is 10.0. The Kier molecular flexibility index (Phi) is 6.72. The molecule has 0 saturated carbocycles. The molecule has 1 N–H and O–H groups in total. The van der Waals surface area contributed by atoms with Crippen molar-refractivity contribution in [2.24, 2.45) is 5.92 Å². The van der Waals surface area contributed by atoms with Gasteiger partial charge in [0.15, 0.2) is 0 Å². The minimum Gasteiger partial charge on any atom is -0.492 e. The van der Waals surface area contributed by atoms with Crippen LogP contribution < -0.4 is 10.1 Å². The number of amides is 2. The van der Waals surface area contributed by atoms with Gasteiger partial charge in [-0.25, -0.2) is 0 Å². The molecule has 1 aromatic carbocycles. The molecule has 6 nitrogen and oxygen atoms in total. The van der Waals surface area contributed by atoms with E-state index in [9.17, 15) is 9.59 Å². The van der Waals surface area contributed by atoms with Gasteiger partial charge in [0.1, 0.15) is 12.4 Å². The van der Waals surface area contributed by atoms with Crippen molar-refractivity contribution in [1.29, 1.82) is 0 Å². The zero-order chi connectivity index (χ0) is 19.2. The van der Waals surface area contributed by atoms with Crippen molar-refractivity contribution in [2.45, 2.75) is 38.6 Å². The Morgan fingerprint density at radius 1 is 1.22 bits per heavy atom. The number of hydrogen-bond acceptors (Lipinski definition) is 4. The molecule has 2 aliphatic heterocycles. The number of ether oxygens (including phenoxy) is 1. The monoisotopic (exact) mass is 373 g/mol. The van der Waals surface area contributed by atoms with E-state index in [0.29, 0.717) is 18.1 Å². The highest BCUT2D eigenvalue weighted by Crippen LogP contribution is 2.31. The van der Waals surface area contributed by atoms with Gasteiger partial charge >= 0.3 is 0 Å². The van der Waals surface area contributed by atoms with Gasteiger partial charge < -0.3 is 19.9 Å². The van der Waals surface area contributed by atoms with E-state index in [2.05, 4.69) is 10.2 Å². The molecule has 6 heteroatoms. The van der Waals surface area contributed by atoms with Crippen LogP contribution in [0.15, 0.2) is 24.3 Å². The smallest absolute Gasteiger partial charge is 0.254 e. The van der Waals surface area contributed by atoms with Crippen LogP contribution in [-0.4, -0.2) is 67.5 Å². The van der Waals surface area contributed by atoms with Crippen LogP contribution in [0.1, 0.15) is 43.0 Å². The third-order valence-electron chi connectivity index (χ3n) is 5.73. The summed E-state index contributed by atoms with van der Waals surface area (Å²) in [5, 5.41) is 3.05. The summed E-state index contributed by atoms with van der Waals surface area (Å²) in [5.74, 6) is 1.34. The Bertz CT molecular complexity index is 664. The van der Waals surface area contributed by atoms with Crippen LogP contribution in [0.25, 0.3) is 0 Å². The van der Waals surface area contributed by atoms with E-state index in [-0.39, 0.29) is 17.9 Å². The highest BCUT2D eigenvalue weighted by atomic mass is 16.5. The van der Waals surface area contributed by atoms with Crippen LogP contribution in [0.2, 0.25) is 0 Å². The molecule has 2 amide bonds. The van der Waals surface area contributed by atoms with Crippen LogP contribution >= 0.6 is 0 Å². The van der Waals surface area contributed by atoms with Crippen molar-refractivity contribution in [3.63, 3.8) is 0 Å². The Balaban J connectivity index is 1.73. The minimum atomic E-state index is 0.0854. The average Bonchev–Trinajstić information content (AvgIpc) is 2.89. The normalized spacial score (nSPS) is 22.7. The second kappa shape index (κ2) is 9.22. The van der Waals surface area contributed by atoms with E-state index in [1.54, 1.807) is 6.92 Å². The predicted molar refractivity (Wildman–Crippen MR) is 105 cm³/mol. The van der Waals surface area contributed by atoms with Crippen LogP contribution in [0.5, 0.6) is 5.75 Å². The van der Waals surface area contributed by atoms with E-state index in [4.69, 9.17) is 4.74 Å². The number of carbonyl (C=O) groups is 2. The summed E-state index contributed by atoms with van der Waals surface area (Å²) in [6, 6.07) is 7.73. The molecule has 0 spiro atoms. The fourth-order valence-corrected chi connectivity index (χ4v) is 4.26. The highest BCUT2D eigenvalue weighted by Gasteiger charge is 2.37. The van der Waals surface area contributed by atoms with Gasteiger partial charge in [0.05, 0.1) is 0 Å². The molecule has 2 atom stereocenters. The number of hydrogen-bond donors (Lipinski definition) is 1. The lowest BCUT2D eigenvalue weighted by Crippen LogP contribution is -2.53. The largest absolute Gasteiger partial charge is 0.492 e. The lowest BCUT2D eigenvalue weighted by Gasteiger charge is -2.42. The number of nitrogens with zero attached hydrogens (tertiary/aromatic N) is 2. The van der Waals surface area contributed by atoms with Crippen LogP contribution in [0.4, 0.5) is 0 Å². The second-order valence-electron chi connectivity index (χ2n) is 7.56. The number of rotatable bonds is 5. The molecule has 0 aliphatic carbocycles. The summed E-state index contributed by atoms with van der Waals surface area (Å²) in [6.07, 6.45) is 4.10. The summed E-state index contributed by atoms with van der Waals surface area (Å²) in [4.78, 5) is 29.0. The van der Waals surface area contributed by atoms with Gasteiger partial charge in [0.2, 0.25) is 5.91 Å². The van der Waals surface area contributed by atoms with E-state index in [1.807, 2.05) is 36.2 Å². The van der Waals surface area contributed by atoms with Gasteiger partial charge in [-0.1, -0.05) is 12.5 Å². The lowest BCUT2D eigenvalue weighted by atomic mass is 9.88. The molecular weight excluding hydrogens is 342 g/mol. The molecule has 2 heterocycles. The summed E-state index contributed by atoms with van der Waals surface area (Å²) < 4.78 is 5.72. The number of likely N-dealkylation sites (tertiary alicyclic amines) is 2. The predicted octanol–water partition coefficient (Wildman–Crippen LogP) is 2.15. The van der Waals surface area contributed by atoms with Crippen molar-refractivity contribution in [2.75, 3.05) is 39.8 Å². The topological polar surface area (TPSA) is 61.9 Å². The standard InChI is InChI=1S/C21H31N3O3/c1-16(25)23-12-9-20-18(15-23)6-3-4-11-24(20)21(26)17-7-5-8-19(14-17)27-13-10-22-2/h5,7-8,14,18,20,22H,3-4,6,9-13,15H2,1-2H3/t18-,20+/m0/s1. The molecule has 2 fully saturated rings. The highest BCUT2D eigenvalue weighted by molar-refractivity contribution is 5.95. The Labute approximate surface area is 161 Å². The lowest BCUT2D eigenvalue weighted by molar-refractivity contribution is -0.131. The molecule has 3 rings (SSSR count). The maximum Gasteiger partial charge on any atom is 0.254 e. The van der Waals surface area contributed by atoms with Crippen LogP contribution in [-0.2, 0) is 4.79 Å². The fraction of sp³-hybridized carbons (Fsp3) is 0.619. The van der Waals surface area contributed by atoms with Crippen LogP contribution in [0.3, 0.4) is 0 Å². The number of nitrogens with one attached hydrogen (secondary N) is 1. The Morgan fingerprint density at radius 3 is 2.85 bits per heavy atom. The number of likely N-dealkylation sites (N-methyl/N-ethyl adjacent to an activating group) is 1. The van der Waals surface area contributed by atoms with E-state index < -0.39 is 0 Å². The molecule has 0 aromatic heterocycles. The zero-order valence-corrected chi connectivity index (χ0v) is 16.4. The first-order valence-electron chi connectivity index (χ1n) is 10.0. The molecule has 1 aromatic rings. The summed E-state index contributed by atoms with van der Waals surface area (Å²) in [5.41, 5.74) is 0.687. The summed E-state index contributed by atoms with van der Waals surface area (Å²) in [7, 11) is 1.89. The molecule has 0 bridgehead atoms. The Hall–Kier alpha value is -2.08. The molecule has 0 unspecified atom stereocenters. The van der Waals surface area contributed by atoms with Crippen LogP contribution in [0, 0.1) is 5.92 Å². The first kappa shape index (κ1) is 19.7. The van der Waals surface area contributed by atoms with Crippen molar-refractivity contribution < 1.29 is 14.3 Å². The van der Waals surface area contributed by atoms with Crippen molar-refractivity contribution in [3.05, 3.63) is 29.8 Å². The van der Waals surface area contributed by atoms with Gasteiger partial charge in [-0.05, 0) is 50.4 Å². The fourth-order valence-electron chi connectivity index (χ4n) is 4.26. The number of carbonyl (C=O) groups excluding carboxylic acids is 2. The molecule has 0 radical (unpaired) electrons. The van der Waals surface area contributed by atoms with E-state index in [1.165, 1.54) is 0 Å². The molecule has 2 aliphatic rings. The molecule has 27 heavy (non-hydrogen) atoms. The SMILES string of the molecule is CNCCOc1cccc(C(=O)N2CCCC[C@H]3CN(C(C)=O)CC[C@H]32)c1. The molecule has 148 valence electrons. The van der Waals surface area contributed by atoms with Gasteiger partial charge in [-0.2, -0.15) is 0 Å². The first-order chi connectivity index (χ1) is 13.1. The third-order valence-corrected chi connectivity index (χ3v) is 5.73. The molecule has 2 saturated heterocycles. The second-order valence-corrected chi connectivity index (χ2v) is 7.56. The molecular formula is C21H31N3O3. The van der Waals surface area contributed by atoms with Gasteiger partial charge in [0.25, 0.3) is 5.91 Å².